The molecule has 1 N–H and O–H groups in total. The number of ether oxygens (including phenoxy) is 4. The summed E-state index contributed by atoms with van der Waals surface area (Å²) in [6.07, 6.45) is -0.654. The van der Waals surface area contributed by atoms with Crippen LogP contribution in [0.3, 0.4) is 0 Å². The zero-order chi connectivity index (χ0) is 47.4. The Kier molecular flexibility index (Phi) is 13.8. The van der Waals surface area contributed by atoms with Gasteiger partial charge >= 0.3 is 39.2 Å². The fraction of sp³-hybridized carbons (Fsp3) is 0.463. The number of benzene rings is 3. The van der Waals surface area contributed by atoms with Crippen LogP contribution < -0.4 is 16.4 Å². The van der Waals surface area contributed by atoms with Crippen molar-refractivity contribution in [2.24, 2.45) is 5.41 Å². The molecule has 4 saturated carbocycles. The Balaban J connectivity index is 1.57. The fourth-order valence-corrected chi connectivity index (χ4v) is 12.0. The molecule has 0 spiro atoms. The molecule has 64 heavy (non-hydrogen) atoms. The Morgan fingerprint density at radius 1 is 0.672 bits per heavy atom. The van der Waals surface area contributed by atoms with Gasteiger partial charge in [0.05, 0.1) is 22.1 Å². The second-order valence-corrected chi connectivity index (χ2v) is 20.0. The van der Waals surface area contributed by atoms with Crippen molar-refractivity contribution in [2.75, 3.05) is 0 Å². The number of alkyl halides is 2. The van der Waals surface area contributed by atoms with Crippen LogP contribution in [-0.2, 0) is 71.8 Å². The molecule has 0 amide bonds. The summed E-state index contributed by atoms with van der Waals surface area (Å²) >= 11 is 0. The third-order valence-corrected chi connectivity index (χ3v) is 15.0. The summed E-state index contributed by atoms with van der Waals surface area (Å²) in [5.74, 6) is -3.48. The number of carbonyl (C=O) groups is 4. The van der Waals surface area contributed by atoms with E-state index >= 15 is 8.78 Å². The topological polar surface area (TPSA) is 160 Å². The van der Waals surface area contributed by atoms with Crippen molar-refractivity contribution in [3.05, 3.63) is 86.5 Å². The molecule has 0 saturated heterocycles. The molecule has 0 aromatic heterocycles. The molecule has 11 nitrogen and oxygen atoms in total. The Bertz CT molecular complexity index is 2530. The second kappa shape index (κ2) is 17.9. The van der Waals surface area contributed by atoms with E-state index in [1.165, 1.54) is 0 Å². The minimum atomic E-state index is -6.05. The van der Waals surface area contributed by atoms with Crippen molar-refractivity contribution >= 4 is 121 Å². The van der Waals surface area contributed by atoms with Gasteiger partial charge in [0.25, 0.3) is 0 Å². The van der Waals surface area contributed by atoms with Gasteiger partial charge in [0.1, 0.15) is 87.4 Å². The van der Waals surface area contributed by atoms with Crippen LogP contribution in [0.5, 0.6) is 0 Å². The average molecular weight is 889 g/mol. The van der Waals surface area contributed by atoms with Gasteiger partial charge in [-0.25, -0.2) is 14.4 Å². The van der Waals surface area contributed by atoms with Crippen LogP contribution in [0.2, 0.25) is 0 Å². The van der Waals surface area contributed by atoms with Gasteiger partial charge in [-0.05, 0) is 29.7 Å². The third-order valence-electron chi connectivity index (χ3n) is 14.0. The van der Waals surface area contributed by atoms with E-state index in [4.69, 9.17) is 18.9 Å². The van der Waals surface area contributed by atoms with E-state index in [0.29, 0.717) is 67.0 Å². The maximum absolute atomic E-state index is 15.1. The van der Waals surface area contributed by atoms with Gasteiger partial charge in [0.15, 0.2) is 6.10 Å². The van der Waals surface area contributed by atoms with E-state index in [1.54, 1.807) is 12.1 Å². The Hall–Kier alpha value is -4.11. The van der Waals surface area contributed by atoms with Crippen LogP contribution in [0.15, 0.2) is 36.4 Å². The van der Waals surface area contributed by atoms with Crippen LogP contribution in [0.1, 0.15) is 110 Å². The first kappa shape index (κ1) is 49.3. The van der Waals surface area contributed by atoms with Gasteiger partial charge in [0, 0.05) is 38.5 Å². The zero-order valence-electron chi connectivity index (χ0n) is 38.7. The van der Waals surface area contributed by atoms with E-state index in [9.17, 15) is 32.1 Å². The Labute approximate surface area is 382 Å². The predicted molar refractivity (Wildman–Crippen MR) is 264 cm³/mol. The lowest BCUT2D eigenvalue weighted by molar-refractivity contribution is -0.279. The molecule has 4 bridgehead atoms. The van der Waals surface area contributed by atoms with Gasteiger partial charge in [-0.3, -0.25) is 9.35 Å². The van der Waals surface area contributed by atoms with Gasteiger partial charge in [-0.15, -0.1) is 0 Å². The van der Waals surface area contributed by atoms with E-state index in [0.717, 1.165) is 38.7 Å². The molecule has 3 aromatic rings. The highest BCUT2D eigenvalue weighted by Crippen LogP contribution is 2.68. The molecule has 4 aliphatic carbocycles. The van der Waals surface area contributed by atoms with Crippen molar-refractivity contribution in [2.45, 2.75) is 112 Å². The number of halogens is 2. The molecule has 7 rings (SSSR count). The highest BCUT2D eigenvalue weighted by molar-refractivity contribution is 7.86. The second-order valence-electron chi connectivity index (χ2n) is 18.5. The third kappa shape index (κ3) is 8.93. The van der Waals surface area contributed by atoms with Crippen LogP contribution in [0, 0.1) is 5.41 Å². The van der Waals surface area contributed by atoms with E-state index < -0.39 is 67.6 Å². The number of rotatable bonds is 16. The first-order valence-electron chi connectivity index (χ1n) is 22.5. The molecular formula is C41H53B9F2O11S. The molecule has 23 heteroatoms. The summed E-state index contributed by atoms with van der Waals surface area (Å²) in [7, 11) is 11.1. The molecule has 0 aliphatic heterocycles. The highest BCUT2D eigenvalue weighted by Gasteiger charge is 2.76. The summed E-state index contributed by atoms with van der Waals surface area (Å²) in [5, 5.41) is -4.90. The lowest BCUT2D eigenvalue weighted by Crippen LogP contribution is -2.73. The van der Waals surface area contributed by atoms with Crippen molar-refractivity contribution in [3.8, 4) is 0 Å². The summed E-state index contributed by atoms with van der Waals surface area (Å²) < 4.78 is 88.8. The predicted octanol–water partition coefficient (Wildman–Crippen LogP) is -4.87. The van der Waals surface area contributed by atoms with Crippen LogP contribution >= 0.6 is 0 Å². The number of hydrogen-bond acceptors (Lipinski definition) is 10. The van der Waals surface area contributed by atoms with Crippen molar-refractivity contribution in [1.29, 1.82) is 0 Å². The normalized spacial score (nSPS) is 24.1. The Morgan fingerprint density at radius 2 is 1.16 bits per heavy atom. The lowest BCUT2D eigenvalue weighted by Gasteiger charge is -2.66. The van der Waals surface area contributed by atoms with E-state index in [-0.39, 0.29) is 44.1 Å². The molecule has 3 aromatic carbocycles. The summed E-state index contributed by atoms with van der Waals surface area (Å²) in [6.45, 7) is 0.647. The monoisotopic (exact) mass is 890 g/mol. The molecule has 4 aliphatic rings. The average Bonchev–Trinajstić information content (AvgIpc) is 3.20. The van der Waals surface area contributed by atoms with Gasteiger partial charge in [-0.1, -0.05) is 101 Å². The summed E-state index contributed by atoms with van der Waals surface area (Å²) in [4.78, 5) is 59.2. The van der Waals surface area contributed by atoms with E-state index in [1.807, 2.05) is 88.8 Å². The molecule has 5 atom stereocenters. The summed E-state index contributed by atoms with van der Waals surface area (Å²) in [6, 6.07) is 11.3. The van der Waals surface area contributed by atoms with Crippen molar-refractivity contribution in [3.63, 3.8) is 0 Å². The number of hydrogen-bond donors (Lipinski definition) is 1. The first-order chi connectivity index (χ1) is 29.9. The van der Waals surface area contributed by atoms with Crippen LogP contribution in [0.25, 0.3) is 0 Å². The van der Waals surface area contributed by atoms with Crippen LogP contribution in [0.4, 0.5) is 8.78 Å². The molecular weight excluding hydrogens is 836 g/mol. The maximum atomic E-state index is 15.1. The Morgan fingerprint density at radius 3 is 1.62 bits per heavy atom. The fourth-order valence-electron chi connectivity index (χ4n) is 11.6. The largest absolute Gasteiger partial charge is 0.455 e. The minimum Gasteiger partial charge on any atom is -0.455 e. The summed E-state index contributed by atoms with van der Waals surface area (Å²) in [5.41, 5.74) is 1.19. The van der Waals surface area contributed by atoms with Crippen molar-refractivity contribution in [1.82, 2.24) is 0 Å². The molecule has 0 heterocycles. The SMILES string of the molecule is BCc1cc(CB)c(CB)c(C(=O)OC23CC4(OC(=O)c5cc(B)cc(B)c5CB)CC(OC(=O)c5c(CB)ccc(CB)c5B)(C2)CC(C(=O)OC(C)C(F)(F)S(=O)(=O)O)(C4)C3)c1. The smallest absolute Gasteiger partial charge is 0.405 e. The van der Waals surface area contributed by atoms with Gasteiger partial charge in [0.2, 0.25) is 0 Å². The van der Waals surface area contributed by atoms with Crippen LogP contribution in [-0.4, -0.2) is 136 Å². The molecule has 330 valence electrons. The van der Waals surface area contributed by atoms with Gasteiger partial charge < -0.3 is 18.9 Å². The maximum Gasteiger partial charge on any atom is 0.405 e. The zero-order valence-corrected chi connectivity index (χ0v) is 39.5. The quantitative estimate of drug-likeness (QED) is 0.0637. The number of carbonyl (C=O) groups excluding carboxylic acids is 4. The molecule has 0 radical (unpaired) electrons. The van der Waals surface area contributed by atoms with Gasteiger partial charge in [-0.2, -0.15) is 17.2 Å². The minimum absolute atomic E-state index is 0.129. The highest BCUT2D eigenvalue weighted by atomic mass is 32.2. The standard InChI is InChI=1S/C41H53B9F2O11S/c1-20(41(51,52)64(57,58)59)60-36(56)37-14-38(61-33(53)26-5-21(8-42)4-24(11-45)28(26)12-46)17-39(15-37,62-34(54)27-6-25(48)7-30(49)29(27)13-47)19-40(16-37,18-38)63-35(55)31-22(9-43)2-3-23(10-44)32(31)50/h2-7,20H,8-19,42-50H2,1H3,(H,57,58,59). The van der Waals surface area contributed by atoms with E-state index in [2.05, 4.69) is 6.07 Å². The first-order valence-corrected chi connectivity index (χ1v) is 24.0. The molecule has 5 unspecified atom stereocenters. The molecule has 4 fully saturated rings. The number of esters is 4. The van der Waals surface area contributed by atoms with Crippen molar-refractivity contribution < 1.29 is 59.9 Å². The lowest BCUT2D eigenvalue weighted by atomic mass is 9.44.